The minimum absolute atomic E-state index is 0.0169. The van der Waals surface area contributed by atoms with Gasteiger partial charge in [0.2, 0.25) is 6.41 Å². The van der Waals surface area contributed by atoms with Gasteiger partial charge in [-0.2, -0.15) is 8.75 Å². The number of ether oxygens (including phenoxy) is 1. The molecule has 9 heteroatoms. The summed E-state index contributed by atoms with van der Waals surface area (Å²) in [4.78, 5) is 29.7. The largest absolute Gasteiger partial charge is 0.494 e. The van der Waals surface area contributed by atoms with Crippen molar-refractivity contribution in [2.75, 3.05) is 39.3 Å². The molecule has 4 rings (SSSR count). The normalized spacial score (nSPS) is 19.9. The molecule has 0 spiro atoms. The third kappa shape index (κ3) is 5.80. The Bertz CT molecular complexity index is 837. The molecule has 1 atom stereocenters. The average molecular weight is 444 g/mol. The van der Waals surface area contributed by atoms with Gasteiger partial charge in [0.25, 0.3) is 5.91 Å². The lowest BCUT2D eigenvalue weighted by molar-refractivity contribution is -0.119. The number of likely N-dealkylation sites (tertiary alicyclic amines) is 1. The molecule has 0 radical (unpaired) electrons. The molecule has 2 aliphatic rings. The number of rotatable bonds is 8. The maximum absolute atomic E-state index is 12.7. The van der Waals surface area contributed by atoms with Crippen LogP contribution in [0.25, 0.3) is 0 Å². The minimum Gasteiger partial charge on any atom is -0.494 e. The van der Waals surface area contributed by atoms with Gasteiger partial charge in [-0.1, -0.05) is 12.1 Å². The van der Waals surface area contributed by atoms with Gasteiger partial charge in [-0.05, 0) is 37.0 Å². The topological polar surface area (TPSA) is 78.9 Å². The first-order valence-electron chi connectivity index (χ1n) is 10.9. The smallest absolute Gasteiger partial charge is 0.275 e. The Morgan fingerprint density at radius 1 is 1.13 bits per heavy atom. The standard InChI is InChI=1S/C22H29N5O3S/c28-17-26-12-10-25(11-13-26)16-18-4-6-20(7-5-18)30-14-8-19-3-1-2-9-27(19)22(29)21-15-23-31-24-21/h4-7,15,17,19H,1-3,8-14,16H2/t19-/m1/s1. The van der Waals surface area contributed by atoms with Crippen molar-refractivity contribution < 1.29 is 14.3 Å². The van der Waals surface area contributed by atoms with E-state index in [0.717, 1.165) is 88.8 Å². The highest BCUT2D eigenvalue weighted by Crippen LogP contribution is 2.22. The van der Waals surface area contributed by atoms with E-state index in [1.54, 1.807) is 6.20 Å². The van der Waals surface area contributed by atoms with Gasteiger partial charge in [0.1, 0.15) is 5.75 Å². The summed E-state index contributed by atoms with van der Waals surface area (Å²) in [5.41, 5.74) is 1.69. The first-order valence-corrected chi connectivity index (χ1v) is 11.7. The third-order valence-electron chi connectivity index (χ3n) is 6.07. The number of piperazine rings is 1. The zero-order valence-corrected chi connectivity index (χ0v) is 18.5. The quantitative estimate of drug-likeness (QED) is 0.583. The Morgan fingerprint density at radius 3 is 2.65 bits per heavy atom. The molecular formula is C22H29N5O3S. The van der Waals surface area contributed by atoms with Gasteiger partial charge < -0.3 is 14.5 Å². The molecule has 2 fully saturated rings. The number of carbonyl (C=O) groups is 2. The van der Waals surface area contributed by atoms with E-state index in [9.17, 15) is 9.59 Å². The van der Waals surface area contributed by atoms with Crippen LogP contribution in [0.15, 0.2) is 30.5 Å². The molecule has 2 aromatic rings. The lowest BCUT2D eigenvalue weighted by Gasteiger charge is -2.35. The summed E-state index contributed by atoms with van der Waals surface area (Å²) in [5.74, 6) is 0.837. The minimum atomic E-state index is -0.0169. The van der Waals surface area contributed by atoms with E-state index in [1.165, 1.54) is 5.56 Å². The predicted octanol–water partition coefficient (Wildman–Crippen LogP) is 2.28. The zero-order chi connectivity index (χ0) is 21.5. The van der Waals surface area contributed by atoms with Crippen LogP contribution in [-0.2, 0) is 11.3 Å². The van der Waals surface area contributed by atoms with E-state index in [0.29, 0.717) is 12.3 Å². The van der Waals surface area contributed by atoms with Crippen LogP contribution < -0.4 is 4.74 Å². The van der Waals surface area contributed by atoms with Gasteiger partial charge in [-0.15, -0.1) is 0 Å². The van der Waals surface area contributed by atoms with Crippen molar-refractivity contribution >= 4 is 24.0 Å². The molecule has 2 aliphatic heterocycles. The number of hydrogen-bond donors (Lipinski definition) is 0. The molecule has 3 heterocycles. The van der Waals surface area contributed by atoms with Gasteiger partial charge >= 0.3 is 0 Å². The monoisotopic (exact) mass is 443 g/mol. The number of aromatic nitrogens is 2. The maximum Gasteiger partial charge on any atom is 0.275 e. The molecule has 8 nitrogen and oxygen atoms in total. The van der Waals surface area contributed by atoms with E-state index in [2.05, 4.69) is 25.8 Å². The third-order valence-corrected chi connectivity index (χ3v) is 6.55. The van der Waals surface area contributed by atoms with E-state index < -0.39 is 0 Å². The second-order valence-electron chi connectivity index (χ2n) is 8.14. The molecule has 31 heavy (non-hydrogen) atoms. The van der Waals surface area contributed by atoms with Gasteiger partial charge in [-0.3, -0.25) is 14.5 Å². The van der Waals surface area contributed by atoms with Crippen LogP contribution in [0.5, 0.6) is 5.75 Å². The highest BCUT2D eigenvalue weighted by atomic mass is 32.1. The molecule has 0 bridgehead atoms. The first kappa shape index (κ1) is 21.7. The Balaban J connectivity index is 1.23. The molecule has 0 unspecified atom stereocenters. The molecule has 2 saturated heterocycles. The Hall–Kier alpha value is -2.52. The van der Waals surface area contributed by atoms with Crippen molar-refractivity contribution in [1.29, 1.82) is 0 Å². The maximum atomic E-state index is 12.7. The number of piperidine rings is 1. The number of hydrogen-bond acceptors (Lipinski definition) is 7. The fourth-order valence-electron chi connectivity index (χ4n) is 4.26. The number of carbonyl (C=O) groups excluding carboxylic acids is 2. The van der Waals surface area contributed by atoms with Crippen molar-refractivity contribution in [3.63, 3.8) is 0 Å². The lowest BCUT2D eigenvalue weighted by atomic mass is 9.99. The predicted molar refractivity (Wildman–Crippen MR) is 118 cm³/mol. The highest BCUT2D eigenvalue weighted by Gasteiger charge is 2.28. The van der Waals surface area contributed by atoms with E-state index >= 15 is 0 Å². The van der Waals surface area contributed by atoms with Crippen molar-refractivity contribution in [2.24, 2.45) is 0 Å². The van der Waals surface area contributed by atoms with Crippen LogP contribution in [0.4, 0.5) is 0 Å². The van der Waals surface area contributed by atoms with Gasteiger partial charge in [-0.25, -0.2) is 0 Å². The van der Waals surface area contributed by atoms with Crippen LogP contribution in [0, 0.1) is 0 Å². The second-order valence-corrected chi connectivity index (χ2v) is 8.70. The number of benzene rings is 1. The highest BCUT2D eigenvalue weighted by molar-refractivity contribution is 6.99. The Kier molecular flexibility index (Phi) is 7.48. The molecule has 166 valence electrons. The summed E-state index contributed by atoms with van der Waals surface area (Å²) in [6.45, 7) is 5.65. The summed E-state index contributed by atoms with van der Waals surface area (Å²) in [6.07, 6.45) is 6.47. The van der Waals surface area contributed by atoms with Crippen LogP contribution >= 0.6 is 11.7 Å². The van der Waals surface area contributed by atoms with Crippen molar-refractivity contribution in [3.05, 3.63) is 41.7 Å². The molecule has 2 amide bonds. The molecule has 0 N–H and O–H groups in total. The summed E-state index contributed by atoms with van der Waals surface area (Å²) in [5, 5.41) is 0. The fraction of sp³-hybridized carbons (Fsp3) is 0.545. The fourth-order valence-corrected chi connectivity index (χ4v) is 4.67. The van der Waals surface area contributed by atoms with Crippen molar-refractivity contribution in [3.8, 4) is 5.75 Å². The summed E-state index contributed by atoms with van der Waals surface area (Å²) in [6, 6.07) is 8.43. The van der Waals surface area contributed by atoms with Crippen LogP contribution in [0.2, 0.25) is 0 Å². The van der Waals surface area contributed by atoms with Crippen LogP contribution in [0.1, 0.15) is 41.7 Å². The Labute approximate surface area is 187 Å². The van der Waals surface area contributed by atoms with Gasteiger partial charge in [0, 0.05) is 51.7 Å². The van der Waals surface area contributed by atoms with Crippen LogP contribution in [-0.4, -0.2) is 81.1 Å². The van der Waals surface area contributed by atoms with Gasteiger partial charge in [0.05, 0.1) is 24.5 Å². The lowest BCUT2D eigenvalue weighted by Crippen LogP contribution is -2.45. The molecule has 0 aliphatic carbocycles. The van der Waals surface area contributed by atoms with E-state index in [1.807, 2.05) is 21.9 Å². The molecular weight excluding hydrogens is 414 g/mol. The summed E-state index contributed by atoms with van der Waals surface area (Å²) in [7, 11) is 0. The summed E-state index contributed by atoms with van der Waals surface area (Å²) >= 11 is 1.07. The number of nitrogens with zero attached hydrogens (tertiary/aromatic N) is 5. The van der Waals surface area contributed by atoms with Crippen molar-refractivity contribution in [1.82, 2.24) is 23.4 Å². The molecule has 0 saturated carbocycles. The zero-order valence-electron chi connectivity index (χ0n) is 17.7. The molecule has 1 aromatic heterocycles. The second kappa shape index (κ2) is 10.7. The first-order chi connectivity index (χ1) is 15.2. The molecule has 1 aromatic carbocycles. The summed E-state index contributed by atoms with van der Waals surface area (Å²) < 4.78 is 14.0. The number of amides is 2. The van der Waals surface area contributed by atoms with Gasteiger partial charge in [0.15, 0.2) is 5.69 Å². The van der Waals surface area contributed by atoms with E-state index in [4.69, 9.17) is 4.74 Å². The average Bonchev–Trinajstić information content (AvgIpc) is 3.36. The van der Waals surface area contributed by atoms with Crippen molar-refractivity contribution in [2.45, 2.75) is 38.3 Å². The van der Waals surface area contributed by atoms with Crippen LogP contribution in [0.3, 0.4) is 0 Å². The van der Waals surface area contributed by atoms with E-state index in [-0.39, 0.29) is 11.9 Å². The Morgan fingerprint density at radius 2 is 1.94 bits per heavy atom. The SMILES string of the molecule is O=CN1CCN(Cc2ccc(OCC[C@H]3CCCCN3C(=O)c3cnsn3)cc2)CC1.